The summed E-state index contributed by atoms with van der Waals surface area (Å²) in [6.07, 6.45) is 3.22. The molecule has 0 spiro atoms. The largest absolute Gasteiger partial charge is 0.346 e. The van der Waals surface area contributed by atoms with E-state index in [-0.39, 0.29) is 11.5 Å². The number of carbonyl (C=O) groups is 2. The molecule has 0 saturated carbocycles. The van der Waals surface area contributed by atoms with Gasteiger partial charge in [-0.15, -0.1) is 6.58 Å². The number of amides is 2. The summed E-state index contributed by atoms with van der Waals surface area (Å²) in [7, 11) is 0. The standard InChI is InChI=1S/C19H15N5O2/c1-2-9-21-19(26)17-23-16(15-8-3-4-10-24(15)17)18(25)22-14-7-5-6-13(11-14)12-20/h2-8,10-11H,1,9H2,(H,21,26)(H,22,25). The number of anilines is 1. The lowest BCUT2D eigenvalue weighted by Gasteiger charge is -2.03. The predicted octanol–water partition coefficient (Wildman–Crippen LogP) is 2.37. The van der Waals surface area contributed by atoms with Crippen LogP contribution in [0.3, 0.4) is 0 Å². The number of nitriles is 1. The van der Waals surface area contributed by atoms with Gasteiger partial charge in [-0.1, -0.05) is 18.2 Å². The Bertz CT molecular complexity index is 1050. The Morgan fingerprint density at radius 1 is 1.23 bits per heavy atom. The Kier molecular flexibility index (Phi) is 4.76. The molecule has 2 N–H and O–H groups in total. The Labute approximate surface area is 149 Å². The average molecular weight is 345 g/mol. The third-order valence-corrected chi connectivity index (χ3v) is 3.62. The van der Waals surface area contributed by atoms with Crippen molar-refractivity contribution >= 4 is 23.0 Å². The van der Waals surface area contributed by atoms with Crippen LogP contribution < -0.4 is 10.6 Å². The van der Waals surface area contributed by atoms with Gasteiger partial charge in [-0.05, 0) is 30.3 Å². The number of nitrogens with zero attached hydrogens (tertiary/aromatic N) is 3. The molecule has 0 atom stereocenters. The van der Waals surface area contributed by atoms with Crippen LogP contribution in [0.2, 0.25) is 0 Å². The van der Waals surface area contributed by atoms with E-state index in [2.05, 4.69) is 22.2 Å². The molecule has 3 rings (SSSR count). The molecule has 7 heteroatoms. The lowest BCUT2D eigenvalue weighted by molar-refractivity contribution is 0.0947. The summed E-state index contributed by atoms with van der Waals surface area (Å²) in [6, 6.07) is 13.8. The van der Waals surface area contributed by atoms with Gasteiger partial charge >= 0.3 is 0 Å². The molecule has 2 amide bonds. The summed E-state index contributed by atoms with van der Waals surface area (Å²) in [4.78, 5) is 29.2. The topological polar surface area (TPSA) is 99.3 Å². The van der Waals surface area contributed by atoms with Crippen molar-refractivity contribution in [2.24, 2.45) is 0 Å². The molecule has 0 aliphatic rings. The van der Waals surface area contributed by atoms with E-state index in [1.54, 1.807) is 59.1 Å². The highest BCUT2D eigenvalue weighted by atomic mass is 16.2. The summed E-state index contributed by atoms with van der Waals surface area (Å²) >= 11 is 0. The van der Waals surface area contributed by atoms with Crippen LogP contribution in [0.15, 0.2) is 61.3 Å². The molecule has 2 aromatic heterocycles. The molecule has 3 aromatic rings. The molecule has 0 aliphatic carbocycles. The van der Waals surface area contributed by atoms with Crippen molar-refractivity contribution in [2.45, 2.75) is 0 Å². The zero-order valence-corrected chi connectivity index (χ0v) is 13.8. The summed E-state index contributed by atoms with van der Waals surface area (Å²) in [5, 5.41) is 14.3. The first-order chi connectivity index (χ1) is 12.6. The van der Waals surface area contributed by atoms with Crippen LogP contribution in [0, 0.1) is 11.3 Å². The van der Waals surface area contributed by atoms with Gasteiger partial charge in [0.15, 0.2) is 5.69 Å². The number of hydrogen-bond acceptors (Lipinski definition) is 4. The molecular weight excluding hydrogens is 330 g/mol. The normalized spacial score (nSPS) is 10.1. The first-order valence-electron chi connectivity index (χ1n) is 7.81. The van der Waals surface area contributed by atoms with E-state index in [0.717, 1.165) is 0 Å². The number of nitrogens with one attached hydrogen (secondary N) is 2. The zero-order chi connectivity index (χ0) is 18.5. The van der Waals surface area contributed by atoms with Crippen molar-refractivity contribution in [3.8, 4) is 6.07 Å². The average Bonchev–Trinajstić information content (AvgIpc) is 3.06. The van der Waals surface area contributed by atoms with E-state index in [9.17, 15) is 9.59 Å². The SMILES string of the molecule is C=CCNC(=O)c1nc(C(=O)Nc2cccc(C#N)c2)c2ccccn12. The number of rotatable bonds is 5. The van der Waals surface area contributed by atoms with Crippen LogP contribution in [0.5, 0.6) is 0 Å². The van der Waals surface area contributed by atoms with Gasteiger partial charge in [0.1, 0.15) is 0 Å². The third-order valence-electron chi connectivity index (χ3n) is 3.62. The molecule has 0 aliphatic heterocycles. The minimum Gasteiger partial charge on any atom is -0.346 e. The van der Waals surface area contributed by atoms with E-state index in [4.69, 9.17) is 5.26 Å². The van der Waals surface area contributed by atoms with Gasteiger partial charge < -0.3 is 10.6 Å². The number of fused-ring (bicyclic) bond motifs is 1. The molecule has 0 bridgehead atoms. The van der Waals surface area contributed by atoms with Crippen LogP contribution >= 0.6 is 0 Å². The van der Waals surface area contributed by atoms with E-state index in [1.807, 2.05) is 6.07 Å². The van der Waals surface area contributed by atoms with E-state index in [0.29, 0.717) is 23.3 Å². The number of imidazole rings is 1. The molecular formula is C19H15N5O2. The maximum absolute atomic E-state index is 12.7. The third kappa shape index (κ3) is 3.30. The monoisotopic (exact) mass is 345 g/mol. The van der Waals surface area contributed by atoms with Gasteiger partial charge in [0.05, 0.1) is 17.1 Å². The van der Waals surface area contributed by atoms with Crippen LogP contribution in [0.1, 0.15) is 26.7 Å². The number of benzene rings is 1. The van der Waals surface area contributed by atoms with Crippen molar-refractivity contribution < 1.29 is 9.59 Å². The van der Waals surface area contributed by atoms with E-state index >= 15 is 0 Å². The molecule has 1 aromatic carbocycles. The van der Waals surface area contributed by atoms with Crippen molar-refractivity contribution in [3.63, 3.8) is 0 Å². The van der Waals surface area contributed by atoms with Crippen molar-refractivity contribution in [1.82, 2.24) is 14.7 Å². The van der Waals surface area contributed by atoms with Gasteiger partial charge in [-0.2, -0.15) is 5.26 Å². The number of carbonyl (C=O) groups excluding carboxylic acids is 2. The molecule has 0 radical (unpaired) electrons. The maximum atomic E-state index is 12.7. The first-order valence-corrected chi connectivity index (χ1v) is 7.81. The quantitative estimate of drug-likeness (QED) is 0.694. The van der Waals surface area contributed by atoms with Crippen LogP contribution in [-0.2, 0) is 0 Å². The van der Waals surface area contributed by atoms with Crippen molar-refractivity contribution in [1.29, 1.82) is 5.26 Å². The summed E-state index contributed by atoms with van der Waals surface area (Å²) in [5.41, 5.74) is 1.53. The fourth-order valence-electron chi connectivity index (χ4n) is 2.47. The van der Waals surface area contributed by atoms with Gasteiger partial charge in [0, 0.05) is 18.4 Å². The lowest BCUT2D eigenvalue weighted by atomic mass is 10.2. The van der Waals surface area contributed by atoms with Gasteiger partial charge in [0.2, 0.25) is 5.82 Å². The second kappa shape index (κ2) is 7.32. The van der Waals surface area contributed by atoms with Crippen molar-refractivity contribution in [3.05, 3.63) is 78.4 Å². The smallest absolute Gasteiger partial charge is 0.287 e. The second-order valence-corrected chi connectivity index (χ2v) is 5.39. The Hall–Kier alpha value is -3.92. The molecule has 128 valence electrons. The summed E-state index contributed by atoms with van der Waals surface area (Å²) in [5.74, 6) is -0.762. The Morgan fingerprint density at radius 2 is 2.08 bits per heavy atom. The Morgan fingerprint density at radius 3 is 2.85 bits per heavy atom. The van der Waals surface area contributed by atoms with Gasteiger partial charge in [-0.3, -0.25) is 14.0 Å². The second-order valence-electron chi connectivity index (χ2n) is 5.39. The first kappa shape index (κ1) is 16.9. The van der Waals surface area contributed by atoms with E-state index < -0.39 is 11.8 Å². The van der Waals surface area contributed by atoms with E-state index in [1.165, 1.54) is 0 Å². The molecule has 0 saturated heterocycles. The van der Waals surface area contributed by atoms with Crippen LogP contribution in [0.25, 0.3) is 5.52 Å². The van der Waals surface area contributed by atoms with Crippen LogP contribution in [0.4, 0.5) is 5.69 Å². The van der Waals surface area contributed by atoms with Gasteiger partial charge in [0.25, 0.3) is 11.8 Å². The predicted molar refractivity (Wildman–Crippen MR) is 96.8 cm³/mol. The highest BCUT2D eigenvalue weighted by Crippen LogP contribution is 2.16. The van der Waals surface area contributed by atoms with Crippen LogP contribution in [-0.4, -0.2) is 27.7 Å². The van der Waals surface area contributed by atoms with Crippen molar-refractivity contribution in [2.75, 3.05) is 11.9 Å². The Balaban J connectivity index is 1.96. The zero-order valence-electron chi connectivity index (χ0n) is 13.8. The molecule has 2 heterocycles. The lowest BCUT2D eigenvalue weighted by Crippen LogP contribution is -2.25. The minimum absolute atomic E-state index is 0.110. The molecule has 0 fully saturated rings. The minimum atomic E-state index is -0.466. The van der Waals surface area contributed by atoms with Gasteiger partial charge in [-0.25, -0.2) is 4.98 Å². The fourth-order valence-corrected chi connectivity index (χ4v) is 2.47. The molecule has 7 nitrogen and oxygen atoms in total. The highest BCUT2D eigenvalue weighted by Gasteiger charge is 2.21. The maximum Gasteiger partial charge on any atom is 0.287 e. The number of aromatic nitrogens is 2. The highest BCUT2D eigenvalue weighted by molar-refractivity contribution is 6.09. The summed E-state index contributed by atoms with van der Waals surface area (Å²) < 4.78 is 1.55. The number of pyridine rings is 1. The molecule has 26 heavy (non-hydrogen) atoms. The fraction of sp³-hybridized carbons (Fsp3) is 0.0526. The molecule has 0 unspecified atom stereocenters. The number of hydrogen-bond donors (Lipinski definition) is 2. The summed E-state index contributed by atoms with van der Waals surface area (Å²) in [6.45, 7) is 3.85.